The number of aromatic nitrogens is 1. The molecule has 2 rings (SSSR count). The molecule has 4 heteroatoms. The van der Waals surface area contributed by atoms with Crippen molar-refractivity contribution in [2.75, 3.05) is 27.2 Å². The van der Waals surface area contributed by atoms with Gasteiger partial charge in [0.05, 0.1) is 5.69 Å². The van der Waals surface area contributed by atoms with Gasteiger partial charge in [-0.2, -0.15) is 0 Å². The minimum Gasteiger partial charge on any atom is -0.310 e. The predicted molar refractivity (Wildman–Crippen MR) is 91.6 cm³/mol. The first kappa shape index (κ1) is 16.1. The van der Waals surface area contributed by atoms with E-state index in [9.17, 15) is 0 Å². The Bertz CT molecular complexity index is 546. The summed E-state index contributed by atoms with van der Waals surface area (Å²) in [6.07, 6.45) is 0. The monoisotopic (exact) mass is 303 g/mol. The van der Waals surface area contributed by atoms with Crippen molar-refractivity contribution in [2.45, 2.75) is 20.4 Å². The minimum atomic E-state index is 0.267. The first-order valence-corrected chi connectivity index (χ1v) is 8.19. The van der Waals surface area contributed by atoms with E-state index in [0.29, 0.717) is 0 Å². The number of benzene rings is 1. The second kappa shape index (κ2) is 7.16. The van der Waals surface area contributed by atoms with Crippen LogP contribution < -0.4 is 5.32 Å². The molecule has 2 aromatic rings. The summed E-state index contributed by atoms with van der Waals surface area (Å²) < 4.78 is 0. The molecule has 0 aliphatic heterocycles. The van der Waals surface area contributed by atoms with Crippen LogP contribution in [0, 0.1) is 5.41 Å². The summed E-state index contributed by atoms with van der Waals surface area (Å²) in [6.45, 7) is 7.49. The second-order valence-electron chi connectivity index (χ2n) is 6.50. The predicted octanol–water partition coefficient (Wildman–Crippen LogP) is 3.49. The van der Waals surface area contributed by atoms with Crippen LogP contribution in [-0.2, 0) is 6.54 Å². The zero-order valence-electron chi connectivity index (χ0n) is 13.4. The van der Waals surface area contributed by atoms with Crippen LogP contribution in [0.3, 0.4) is 0 Å². The molecule has 1 aromatic heterocycles. The molecule has 1 aromatic carbocycles. The molecule has 0 bridgehead atoms. The van der Waals surface area contributed by atoms with Gasteiger partial charge < -0.3 is 10.2 Å². The van der Waals surface area contributed by atoms with E-state index in [0.717, 1.165) is 30.3 Å². The molecule has 0 spiro atoms. The summed E-state index contributed by atoms with van der Waals surface area (Å²) in [6, 6.07) is 10.3. The maximum atomic E-state index is 4.71. The number of nitrogens with zero attached hydrogens (tertiary/aromatic N) is 2. The lowest BCUT2D eigenvalue weighted by Crippen LogP contribution is -2.37. The zero-order chi connectivity index (χ0) is 15.3. The molecule has 0 radical (unpaired) electrons. The Morgan fingerprint density at radius 3 is 2.57 bits per heavy atom. The van der Waals surface area contributed by atoms with Gasteiger partial charge in [0, 0.05) is 30.6 Å². The van der Waals surface area contributed by atoms with Gasteiger partial charge in [0.1, 0.15) is 5.01 Å². The van der Waals surface area contributed by atoms with Crippen molar-refractivity contribution in [1.29, 1.82) is 0 Å². The van der Waals surface area contributed by atoms with Crippen LogP contribution in [-0.4, -0.2) is 37.1 Å². The molecular formula is C17H25N3S. The standard InChI is InChI=1S/C17H25N3S/c1-17(2,13-20(3)4)12-18-10-16-19-15(11-21-16)14-8-6-5-7-9-14/h5-9,11,18H,10,12-13H2,1-4H3. The van der Waals surface area contributed by atoms with Gasteiger partial charge in [-0.05, 0) is 19.5 Å². The maximum Gasteiger partial charge on any atom is 0.107 e. The summed E-state index contributed by atoms with van der Waals surface area (Å²) >= 11 is 1.72. The summed E-state index contributed by atoms with van der Waals surface area (Å²) in [5.41, 5.74) is 2.53. The van der Waals surface area contributed by atoms with Crippen LogP contribution in [0.1, 0.15) is 18.9 Å². The highest BCUT2D eigenvalue weighted by Gasteiger charge is 2.18. The fourth-order valence-electron chi connectivity index (χ4n) is 2.55. The molecule has 1 N–H and O–H groups in total. The summed E-state index contributed by atoms with van der Waals surface area (Å²) in [5, 5.41) is 6.82. The average molecular weight is 303 g/mol. The molecule has 3 nitrogen and oxygen atoms in total. The van der Waals surface area contributed by atoms with Crippen LogP contribution in [0.4, 0.5) is 0 Å². The van der Waals surface area contributed by atoms with Gasteiger partial charge in [0.2, 0.25) is 0 Å². The zero-order valence-corrected chi connectivity index (χ0v) is 14.2. The van der Waals surface area contributed by atoms with Gasteiger partial charge in [-0.1, -0.05) is 44.2 Å². The quantitative estimate of drug-likeness (QED) is 0.848. The highest BCUT2D eigenvalue weighted by molar-refractivity contribution is 7.09. The third-order valence-electron chi connectivity index (χ3n) is 3.25. The molecule has 0 amide bonds. The Morgan fingerprint density at radius 2 is 1.90 bits per heavy atom. The normalized spacial score (nSPS) is 12.0. The van der Waals surface area contributed by atoms with Crippen LogP contribution in [0.2, 0.25) is 0 Å². The lowest BCUT2D eigenvalue weighted by Gasteiger charge is -2.28. The number of hydrogen-bond donors (Lipinski definition) is 1. The number of thiazole rings is 1. The molecule has 0 aliphatic carbocycles. The number of nitrogens with one attached hydrogen (secondary N) is 1. The highest BCUT2D eigenvalue weighted by atomic mass is 32.1. The van der Waals surface area contributed by atoms with Crippen molar-refractivity contribution in [1.82, 2.24) is 15.2 Å². The Hall–Kier alpha value is -1.23. The Balaban J connectivity index is 1.86. The van der Waals surface area contributed by atoms with Crippen molar-refractivity contribution in [3.63, 3.8) is 0 Å². The lowest BCUT2D eigenvalue weighted by atomic mass is 9.93. The molecule has 1 heterocycles. The summed E-state index contributed by atoms with van der Waals surface area (Å²) in [5.74, 6) is 0. The van der Waals surface area contributed by atoms with E-state index in [1.54, 1.807) is 11.3 Å². The van der Waals surface area contributed by atoms with E-state index in [4.69, 9.17) is 4.98 Å². The van der Waals surface area contributed by atoms with E-state index in [1.807, 2.05) is 6.07 Å². The second-order valence-corrected chi connectivity index (χ2v) is 7.44. The van der Waals surface area contributed by atoms with Crippen LogP contribution in [0.5, 0.6) is 0 Å². The first-order chi connectivity index (χ1) is 9.96. The minimum absolute atomic E-state index is 0.267. The van der Waals surface area contributed by atoms with Gasteiger partial charge >= 0.3 is 0 Å². The van der Waals surface area contributed by atoms with Gasteiger partial charge in [-0.3, -0.25) is 0 Å². The third-order valence-corrected chi connectivity index (χ3v) is 4.09. The highest BCUT2D eigenvalue weighted by Crippen LogP contribution is 2.21. The van der Waals surface area contributed by atoms with Crippen molar-refractivity contribution >= 4 is 11.3 Å². The van der Waals surface area contributed by atoms with E-state index in [-0.39, 0.29) is 5.41 Å². The average Bonchev–Trinajstić information content (AvgIpc) is 2.87. The number of rotatable bonds is 7. The van der Waals surface area contributed by atoms with Crippen LogP contribution in [0.25, 0.3) is 11.3 Å². The van der Waals surface area contributed by atoms with E-state index in [2.05, 4.69) is 67.8 Å². The molecule has 0 unspecified atom stereocenters. The van der Waals surface area contributed by atoms with Gasteiger partial charge in [-0.25, -0.2) is 4.98 Å². The van der Waals surface area contributed by atoms with Gasteiger partial charge in [0.25, 0.3) is 0 Å². The summed E-state index contributed by atoms with van der Waals surface area (Å²) in [4.78, 5) is 6.94. The summed E-state index contributed by atoms with van der Waals surface area (Å²) in [7, 11) is 4.24. The fourth-order valence-corrected chi connectivity index (χ4v) is 3.33. The van der Waals surface area contributed by atoms with Crippen LogP contribution in [0.15, 0.2) is 35.7 Å². The van der Waals surface area contributed by atoms with E-state index < -0.39 is 0 Å². The third kappa shape index (κ3) is 5.23. The molecule has 0 aliphatic rings. The molecular weight excluding hydrogens is 278 g/mol. The SMILES string of the molecule is CN(C)CC(C)(C)CNCc1nc(-c2ccccc2)cs1. The first-order valence-electron chi connectivity index (χ1n) is 7.31. The van der Waals surface area contributed by atoms with Crippen molar-refractivity contribution in [2.24, 2.45) is 5.41 Å². The van der Waals surface area contributed by atoms with E-state index in [1.165, 1.54) is 5.56 Å². The molecule has 114 valence electrons. The van der Waals surface area contributed by atoms with Gasteiger partial charge in [-0.15, -0.1) is 11.3 Å². The smallest absolute Gasteiger partial charge is 0.107 e. The molecule has 0 atom stereocenters. The van der Waals surface area contributed by atoms with Crippen LogP contribution >= 0.6 is 11.3 Å². The van der Waals surface area contributed by atoms with Crippen molar-refractivity contribution in [3.8, 4) is 11.3 Å². The largest absolute Gasteiger partial charge is 0.310 e. The molecule has 0 fully saturated rings. The molecule has 0 saturated heterocycles. The topological polar surface area (TPSA) is 28.2 Å². The molecule has 21 heavy (non-hydrogen) atoms. The Labute approximate surface area is 132 Å². The van der Waals surface area contributed by atoms with Crippen molar-refractivity contribution < 1.29 is 0 Å². The fraction of sp³-hybridized carbons (Fsp3) is 0.471. The van der Waals surface area contributed by atoms with Crippen molar-refractivity contribution in [3.05, 3.63) is 40.7 Å². The Morgan fingerprint density at radius 1 is 1.19 bits per heavy atom. The van der Waals surface area contributed by atoms with Gasteiger partial charge in [0.15, 0.2) is 0 Å². The lowest BCUT2D eigenvalue weighted by molar-refractivity contribution is 0.232. The Kier molecular flexibility index (Phi) is 5.51. The molecule has 0 saturated carbocycles. The maximum absolute atomic E-state index is 4.71. The van der Waals surface area contributed by atoms with E-state index >= 15 is 0 Å². The number of hydrogen-bond acceptors (Lipinski definition) is 4.